The number of halogens is 2. The van der Waals surface area contributed by atoms with Crippen molar-refractivity contribution in [2.45, 2.75) is 13.8 Å². The van der Waals surface area contributed by atoms with Crippen LogP contribution >= 0.6 is 0 Å². The Bertz CT molecular complexity index is 936. The number of hydrogen-bond donors (Lipinski definition) is 2. The zero-order valence-electron chi connectivity index (χ0n) is 14.3. The predicted molar refractivity (Wildman–Crippen MR) is 97.7 cm³/mol. The van der Waals surface area contributed by atoms with E-state index in [1.54, 1.807) is 12.1 Å². The Morgan fingerprint density at radius 1 is 0.962 bits per heavy atom. The zero-order valence-corrected chi connectivity index (χ0v) is 14.3. The van der Waals surface area contributed by atoms with Gasteiger partial charge in [-0.15, -0.1) is 0 Å². The molecule has 2 N–H and O–H groups in total. The molecule has 1 heterocycles. The standard InChI is InChI=1S/C20H17F2N3O/c1-12-7-13(2)9-16(8-12)24-19-6-3-14(11-23-19)20(26)25-18-5-4-15(21)10-17(18)22/h3-11H,1-2H3,(H,23,24)(H,25,26). The first-order valence-corrected chi connectivity index (χ1v) is 7.98. The number of pyridine rings is 1. The molecule has 0 spiro atoms. The zero-order chi connectivity index (χ0) is 18.7. The van der Waals surface area contributed by atoms with Gasteiger partial charge in [-0.25, -0.2) is 13.8 Å². The van der Waals surface area contributed by atoms with Gasteiger partial charge in [0.15, 0.2) is 0 Å². The van der Waals surface area contributed by atoms with E-state index >= 15 is 0 Å². The third-order valence-corrected chi connectivity index (χ3v) is 3.70. The number of nitrogens with zero attached hydrogens (tertiary/aromatic N) is 1. The fourth-order valence-corrected chi connectivity index (χ4v) is 2.58. The van der Waals surface area contributed by atoms with E-state index in [0.717, 1.165) is 22.9 Å². The van der Waals surface area contributed by atoms with Crippen LogP contribution in [0.3, 0.4) is 0 Å². The molecule has 0 unspecified atom stereocenters. The Balaban J connectivity index is 1.71. The molecule has 1 amide bonds. The number of aromatic nitrogens is 1. The Labute approximate surface area is 149 Å². The van der Waals surface area contributed by atoms with Crippen LogP contribution in [0.1, 0.15) is 21.5 Å². The van der Waals surface area contributed by atoms with Gasteiger partial charge in [0.05, 0.1) is 11.3 Å². The van der Waals surface area contributed by atoms with Crippen molar-refractivity contribution in [2.75, 3.05) is 10.6 Å². The predicted octanol–water partition coefficient (Wildman–Crippen LogP) is 4.97. The summed E-state index contributed by atoms with van der Waals surface area (Å²) in [6.45, 7) is 4.02. The maximum absolute atomic E-state index is 13.6. The molecule has 132 valence electrons. The molecule has 2 aromatic carbocycles. The van der Waals surface area contributed by atoms with Crippen LogP contribution in [0.2, 0.25) is 0 Å². The highest BCUT2D eigenvalue weighted by molar-refractivity contribution is 6.04. The van der Waals surface area contributed by atoms with E-state index in [0.29, 0.717) is 11.9 Å². The third-order valence-electron chi connectivity index (χ3n) is 3.70. The number of amides is 1. The van der Waals surface area contributed by atoms with Crippen LogP contribution in [0, 0.1) is 25.5 Å². The summed E-state index contributed by atoms with van der Waals surface area (Å²) < 4.78 is 26.5. The van der Waals surface area contributed by atoms with Crippen molar-refractivity contribution in [2.24, 2.45) is 0 Å². The monoisotopic (exact) mass is 353 g/mol. The fraction of sp³-hybridized carbons (Fsp3) is 0.100. The van der Waals surface area contributed by atoms with Crippen molar-refractivity contribution < 1.29 is 13.6 Å². The second-order valence-electron chi connectivity index (χ2n) is 6.01. The molecule has 0 fully saturated rings. The molecule has 0 bridgehead atoms. The van der Waals surface area contributed by atoms with Crippen LogP contribution < -0.4 is 10.6 Å². The van der Waals surface area contributed by atoms with Gasteiger partial charge in [0, 0.05) is 18.0 Å². The molecule has 0 saturated carbocycles. The van der Waals surface area contributed by atoms with E-state index < -0.39 is 17.5 Å². The third kappa shape index (κ3) is 4.22. The molecule has 0 aliphatic heterocycles. The van der Waals surface area contributed by atoms with Gasteiger partial charge in [0.25, 0.3) is 5.91 Å². The average Bonchev–Trinajstić information content (AvgIpc) is 2.57. The van der Waals surface area contributed by atoms with E-state index in [2.05, 4.69) is 21.7 Å². The lowest BCUT2D eigenvalue weighted by molar-refractivity contribution is 0.102. The first-order valence-electron chi connectivity index (χ1n) is 7.98. The highest BCUT2D eigenvalue weighted by Gasteiger charge is 2.11. The topological polar surface area (TPSA) is 54.0 Å². The number of anilines is 3. The normalized spacial score (nSPS) is 10.5. The van der Waals surface area contributed by atoms with Crippen molar-refractivity contribution in [1.29, 1.82) is 0 Å². The molecule has 0 aliphatic rings. The van der Waals surface area contributed by atoms with Gasteiger partial charge in [0.2, 0.25) is 0 Å². The molecule has 4 nitrogen and oxygen atoms in total. The number of carbonyl (C=O) groups excluding carboxylic acids is 1. The number of hydrogen-bond acceptors (Lipinski definition) is 3. The average molecular weight is 353 g/mol. The van der Waals surface area contributed by atoms with Gasteiger partial charge < -0.3 is 10.6 Å². The number of rotatable bonds is 4. The molecular weight excluding hydrogens is 336 g/mol. The van der Waals surface area contributed by atoms with E-state index in [-0.39, 0.29) is 11.3 Å². The summed E-state index contributed by atoms with van der Waals surface area (Å²) in [6, 6.07) is 12.3. The molecule has 26 heavy (non-hydrogen) atoms. The van der Waals surface area contributed by atoms with Gasteiger partial charge in [0.1, 0.15) is 17.5 Å². The summed E-state index contributed by atoms with van der Waals surface area (Å²) in [5.74, 6) is -1.48. The lowest BCUT2D eigenvalue weighted by Crippen LogP contribution is -2.13. The van der Waals surface area contributed by atoms with Crippen LogP contribution in [0.15, 0.2) is 54.7 Å². The second-order valence-corrected chi connectivity index (χ2v) is 6.01. The van der Waals surface area contributed by atoms with Gasteiger partial charge in [-0.05, 0) is 61.4 Å². The Morgan fingerprint density at radius 2 is 1.69 bits per heavy atom. The molecule has 3 rings (SSSR count). The lowest BCUT2D eigenvalue weighted by Gasteiger charge is -2.09. The number of benzene rings is 2. The quantitative estimate of drug-likeness (QED) is 0.696. The Morgan fingerprint density at radius 3 is 2.31 bits per heavy atom. The number of nitrogens with one attached hydrogen (secondary N) is 2. The molecular formula is C20H17F2N3O. The second kappa shape index (κ2) is 7.31. The minimum atomic E-state index is -0.834. The van der Waals surface area contributed by atoms with Gasteiger partial charge >= 0.3 is 0 Å². The first kappa shape index (κ1) is 17.5. The summed E-state index contributed by atoms with van der Waals surface area (Å²) in [5, 5.41) is 5.57. The smallest absolute Gasteiger partial charge is 0.257 e. The Hall–Kier alpha value is -3.28. The molecule has 0 atom stereocenters. The first-order chi connectivity index (χ1) is 12.4. The van der Waals surface area contributed by atoms with E-state index in [4.69, 9.17) is 0 Å². The molecule has 1 aromatic heterocycles. The Kier molecular flexibility index (Phi) is 4.93. The van der Waals surface area contributed by atoms with Crippen molar-refractivity contribution in [3.8, 4) is 0 Å². The summed E-state index contributed by atoms with van der Waals surface area (Å²) in [6.07, 6.45) is 1.39. The summed E-state index contributed by atoms with van der Waals surface area (Å²) in [4.78, 5) is 16.4. The highest BCUT2D eigenvalue weighted by Crippen LogP contribution is 2.19. The number of aryl methyl sites for hydroxylation is 2. The van der Waals surface area contributed by atoms with E-state index in [1.807, 2.05) is 26.0 Å². The summed E-state index contributed by atoms with van der Waals surface area (Å²) >= 11 is 0. The fourth-order valence-electron chi connectivity index (χ4n) is 2.58. The lowest BCUT2D eigenvalue weighted by atomic mass is 10.1. The van der Waals surface area contributed by atoms with Crippen molar-refractivity contribution in [1.82, 2.24) is 4.98 Å². The van der Waals surface area contributed by atoms with Gasteiger partial charge in [-0.2, -0.15) is 0 Å². The van der Waals surface area contributed by atoms with Crippen LogP contribution in [-0.4, -0.2) is 10.9 Å². The van der Waals surface area contributed by atoms with E-state index in [9.17, 15) is 13.6 Å². The molecule has 0 saturated heterocycles. The molecule has 0 radical (unpaired) electrons. The highest BCUT2D eigenvalue weighted by atomic mass is 19.1. The van der Waals surface area contributed by atoms with Gasteiger partial charge in [-0.1, -0.05) is 6.07 Å². The van der Waals surface area contributed by atoms with Crippen LogP contribution in [-0.2, 0) is 0 Å². The minimum absolute atomic E-state index is 0.0890. The van der Waals surface area contributed by atoms with Gasteiger partial charge in [-0.3, -0.25) is 4.79 Å². The van der Waals surface area contributed by atoms with Crippen LogP contribution in [0.5, 0.6) is 0 Å². The maximum atomic E-state index is 13.6. The van der Waals surface area contributed by atoms with Crippen LogP contribution in [0.25, 0.3) is 0 Å². The molecule has 6 heteroatoms. The minimum Gasteiger partial charge on any atom is -0.340 e. The van der Waals surface area contributed by atoms with Crippen molar-refractivity contribution in [3.63, 3.8) is 0 Å². The SMILES string of the molecule is Cc1cc(C)cc(Nc2ccc(C(=O)Nc3ccc(F)cc3F)cn2)c1. The van der Waals surface area contributed by atoms with E-state index in [1.165, 1.54) is 12.3 Å². The van der Waals surface area contributed by atoms with Crippen LogP contribution in [0.4, 0.5) is 26.0 Å². The maximum Gasteiger partial charge on any atom is 0.257 e. The van der Waals surface area contributed by atoms with Crippen molar-refractivity contribution in [3.05, 3.63) is 83.1 Å². The molecule has 0 aliphatic carbocycles. The van der Waals surface area contributed by atoms with Crippen molar-refractivity contribution >= 4 is 23.1 Å². The largest absolute Gasteiger partial charge is 0.340 e. The number of carbonyl (C=O) groups is 1. The summed E-state index contributed by atoms with van der Waals surface area (Å²) in [7, 11) is 0. The summed E-state index contributed by atoms with van der Waals surface area (Å²) in [5.41, 5.74) is 3.34. The molecule has 3 aromatic rings.